The molecule has 6 aromatic carbocycles. The van der Waals surface area contributed by atoms with Crippen LogP contribution in [0.15, 0.2) is 121 Å². The van der Waals surface area contributed by atoms with Gasteiger partial charge in [-0.2, -0.15) is 0 Å². The van der Waals surface area contributed by atoms with Crippen LogP contribution in [0.4, 0.5) is 0 Å². The summed E-state index contributed by atoms with van der Waals surface area (Å²) in [6.07, 6.45) is 7.86. The number of phenols is 2. The first-order valence-electron chi connectivity index (χ1n) is 31.0. The maximum absolute atomic E-state index is 12.2. The second-order valence-electron chi connectivity index (χ2n) is 25.1. The van der Waals surface area contributed by atoms with Gasteiger partial charge in [-0.1, -0.05) is 98.5 Å². The monoisotopic (exact) mass is 1160 g/mol. The number of aliphatic hydroxyl groups is 3. The van der Waals surface area contributed by atoms with Crippen LogP contribution < -0.4 is 35.5 Å². The Hall–Kier alpha value is -7.16. The summed E-state index contributed by atoms with van der Waals surface area (Å²) in [4.78, 5) is 3.41. The van der Waals surface area contributed by atoms with Crippen LogP contribution >= 0.6 is 0 Å². The van der Waals surface area contributed by atoms with Gasteiger partial charge in [-0.15, -0.1) is 0 Å². The van der Waals surface area contributed by atoms with E-state index in [1.54, 1.807) is 0 Å². The second-order valence-corrected chi connectivity index (χ2v) is 25.1. The molecule has 5 aliphatic rings. The number of aryl methyl sites for hydroxylation is 3. The molecule has 8 unspecified atom stereocenters. The van der Waals surface area contributed by atoms with Crippen molar-refractivity contribution in [2.45, 2.75) is 132 Å². The Morgan fingerprint density at radius 3 is 2.38 bits per heavy atom. The minimum atomic E-state index is -1.32. The van der Waals surface area contributed by atoms with E-state index in [2.05, 4.69) is 131 Å². The molecule has 14 nitrogen and oxygen atoms in total. The zero-order valence-corrected chi connectivity index (χ0v) is 50.0. The topological polar surface area (TPSA) is 202 Å². The van der Waals surface area contributed by atoms with Crippen molar-refractivity contribution < 1.29 is 44.5 Å². The maximum atomic E-state index is 12.2. The van der Waals surface area contributed by atoms with Crippen LogP contribution in [0.5, 0.6) is 28.7 Å². The quantitative estimate of drug-likeness (QED) is 0.0175. The number of benzene rings is 6. The molecule has 3 aliphatic heterocycles. The highest BCUT2D eigenvalue weighted by molar-refractivity contribution is 5.90. The smallest absolute Gasteiger partial charge is 0.162 e. The molecule has 0 fully saturated rings. The first kappa shape index (κ1) is 59.2. The normalized spacial score (nSPS) is 22.4. The Labute approximate surface area is 505 Å². The lowest BCUT2D eigenvalue weighted by Crippen LogP contribution is -2.62. The predicted octanol–water partition coefficient (Wildman–Crippen LogP) is 9.82. The highest BCUT2D eigenvalue weighted by Crippen LogP contribution is 2.62. The van der Waals surface area contributed by atoms with Crippen molar-refractivity contribution in [3.63, 3.8) is 0 Å². The van der Waals surface area contributed by atoms with Gasteiger partial charge in [-0.25, -0.2) is 0 Å². The van der Waals surface area contributed by atoms with E-state index in [0.29, 0.717) is 80.7 Å². The number of hydrogen-bond acceptors (Lipinski definition) is 13. The van der Waals surface area contributed by atoms with Crippen molar-refractivity contribution >= 4 is 17.0 Å². The van der Waals surface area contributed by atoms with E-state index in [4.69, 9.17) is 18.9 Å². The molecule has 86 heavy (non-hydrogen) atoms. The molecule has 0 spiro atoms. The first-order valence-corrected chi connectivity index (χ1v) is 31.0. The van der Waals surface area contributed by atoms with Gasteiger partial charge in [0.15, 0.2) is 17.6 Å². The number of ether oxygens (including phenoxy) is 4. The molecule has 4 heterocycles. The molecule has 2 bridgehead atoms. The third-order valence-electron chi connectivity index (χ3n) is 18.3. The van der Waals surface area contributed by atoms with Crippen molar-refractivity contribution in [3.8, 4) is 51.7 Å². The number of phenolic OH excluding ortho intramolecular Hbond substituents is 2. The van der Waals surface area contributed by atoms with Crippen LogP contribution in [0.2, 0.25) is 0 Å². The van der Waals surface area contributed by atoms with Crippen LogP contribution in [0.25, 0.3) is 28.1 Å². The van der Waals surface area contributed by atoms with Gasteiger partial charge in [-0.3, -0.25) is 10.6 Å². The Morgan fingerprint density at radius 2 is 1.62 bits per heavy atom. The summed E-state index contributed by atoms with van der Waals surface area (Å²) in [5, 5.41) is 73.2. The molecule has 0 saturated carbocycles. The number of fused-ring (bicyclic) bond motifs is 12. The SMILES string of the molecule is CNCOC12Cc3c4c(c5c(c3OC1c1cc(CCc3ccccc3)c(O)c(c1)OC(CO)CC#CC2NCNCC(C)(O)CC(C)C)CCC(CO)O5)-c1ccc(O)c2c1C(C4)C(c1ccc3[nH]ccc3c1)C(CNCCCc1ccccc1)=C2. The largest absolute Gasteiger partial charge is 0.507 e. The predicted molar refractivity (Wildman–Crippen MR) is 337 cm³/mol. The fraction of sp³-hybridized carbons (Fsp3) is 0.417. The van der Waals surface area contributed by atoms with Crippen molar-refractivity contribution in [2.75, 3.05) is 53.3 Å². The molecule has 14 heteroatoms. The molecule has 12 rings (SSSR count). The summed E-state index contributed by atoms with van der Waals surface area (Å²) in [5.74, 6) is 8.86. The molecule has 2 aliphatic carbocycles. The number of aromatic hydroxyl groups is 2. The molecule has 0 saturated heterocycles. The van der Waals surface area contributed by atoms with Crippen molar-refractivity contribution in [2.24, 2.45) is 5.92 Å². The third kappa shape index (κ3) is 12.0. The zero-order valence-electron chi connectivity index (χ0n) is 50.0. The van der Waals surface area contributed by atoms with Gasteiger partial charge in [0.05, 0.1) is 25.5 Å². The van der Waals surface area contributed by atoms with Gasteiger partial charge in [-0.05, 0) is 182 Å². The number of H-pyrrole nitrogens is 1. The van der Waals surface area contributed by atoms with E-state index in [1.807, 2.05) is 56.6 Å². The second kappa shape index (κ2) is 25.7. The summed E-state index contributed by atoms with van der Waals surface area (Å²) in [5.41, 5.74) is 11.6. The highest BCUT2D eigenvalue weighted by atomic mass is 16.6. The summed E-state index contributed by atoms with van der Waals surface area (Å²) < 4.78 is 29.1. The maximum Gasteiger partial charge on any atom is 0.162 e. The molecule has 10 N–H and O–H groups in total. The molecule has 0 amide bonds. The molecular weight excluding hydrogens is 1080 g/mol. The Kier molecular flexibility index (Phi) is 17.7. The Bertz CT molecular complexity index is 3640. The van der Waals surface area contributed by atoms with Gasteiger partial charge in [0.2, 0.25) is 0 Å². The van der Waals surface area contributed by atoms with Gasteiger partial charge in [0, 0.05) is 72.5 Å². The first-order chi connectivity index (χ1) is 41.8. The molecular formula is C72H83N5O9. The minimum absolute atomic E-state index is 0.00641. The molecule has 8 atom stereocenters. The summed E-state index contributed by atoms with van der Waals surface area (Å²) >= 11 is 0. The Balaban J connectivity index is 1.04. The number of nitrogens with one attached hydrogen (secondary N) is 5. The lowest BCUT2D eigenvalue weighted by Gasteiger charge is -2.50. The van der Waals surface area contributed by atoms with Crippen molar-refractivity contribution in [1.29, 1.82) is 0 Å². The lowest BCUT2D eigenvalue weighted by atomic mass is 9.62. The molecule has 0 radical (unpaired) electrons. The number of rotatable bonds is 22. The van der Waals surface area contributed by atoms with E-state index < -0.39 is 35.6 Å². The van der Waals surface area contributed by atoms with Gasteiger partial charge in [0.1, 0.15) is 41.1 Å². The fourth-order valence-electron chi connectivity index (χ4n) is 14.5. The van der Waals surface area contributed by atoms with E-state index in [0.717, 1.165) is 74.8 Å². The number of aromatic nitrogens is 1. The number of hydrogen-bond donors (Lipinski definition) is 10. The van der Waals surface area contributed by atoms with Crippen LogP contribution in [-0.4, -0.2) is 113 Å². The molecule has 450 valence electrons. The van der Waals surface area contributed by atoms with Crippen LogP contribution in [0.3, 0.4) is 0 Å². The third-order valence-corrected chi connectivity index (χ3v) is 18.3. The van der Waals surface area contributed by atoms with Crippen LogP contribution in [0, 0.1) is 17.8 Å². The van der Waals surface area contributed by atoms with Crippen molar-refractivity contribution in [3.05, 3.63) is 177 Å². The lowest BCUT2D eigenvalue weighted by molar-refractivity contribution is -0.141. The van der Waals surface area contributed by atoms with E-state index in [1.165, 1.54) is 16.7 Å². The average molecular weight is 1160 g/mol. The number of aromatic amines is 1. The number of aliphatic hydroxyl groups excluding tert-OH is 2. The fourth-order valence-corrected chi connectivity index (χ4v) is 14.5. The Morgan fingerprint density at radius 1 is 0.826 bits per heavy atom. The van der Waals surface area contributed by atoms with Crippen LogP contribution in [0.1, 0.15) is 120 Å². The summed E-state index contributed by atoms with van der Waals surface area (Å²) in [6, 6.07) is 36.6. The zero-order chi connectivity index (χ0) is 59.5. The van der Waals surface area contributed by atoms with E-state index in [-0.39, 0.29) is 68.0 Å². The molecule has 7 aromatic rings. The summed E-state index contributed by atoms with van der Waals surface area (Å²) in [6.45, 7) is 7.68. The van der Waals surface area contributed by atoms with Crippen LogP contribution in [-0.2, 0) is 43.3 Å². The summed E-state index contributed by atoms with van der Waals surface area (Å²) in [7, 11) is 1.86. The van der Waals surface area contributed by atoms with Gasteiger partial charge in [0.25, 0.3) is 0 Å². The van der Waals surface area contributed by atoms with Gasteiger partial charge < -0.3 is 60.1 Å². The van der Waals surface area contributed by atoms with Gasteiger partial charge >= 0.3 is 0 Å². The van der Waals surface area contributed by atoms with E-state index >= 15 is 0 Å². The van der Waals surface area contributed by atoms with E-state index in [9.17, 15) is 25.5 Å². The minimum Gasteiger partial charge on any atom is -0.507 e. The standard InChI is InChI=1S/C72H83N5O9/c1-44(2)36-71(3,82)41-75-42-77-63-19-11-18-52(39-78)84-62-34-50(32-49(67(62)81)21-20-46-15-9-6-10-16-46)70-72(63,83-43-73-4)37-59-56-35-58-64(48-22-26-60-47(31-48)28-30-76-60)51(38-74-29-12-17-45-13-7-5-8-14-45)33-57-61(80)27-25-54(65(57)58)66(56)69-55(68(59)86-70)24-23-53(40-79)85-69/h5-10,13-16,22,25-28,30-34,44,52-53,58,63-64,70,73-82H,12,17-18,20-21,23-24,29,35-43H2,1-4H3. The molecule has 1 aromatic heterocycles. The average Bonchev–Trinajstić information content (AvgIpc) is 0.813. The highest BCUT2D eigenvalue weighted by Gasteiger charge is 2.55. The van der Waals surface area contributed by atoms with Crippen molar-refractivity contribution in [1.82, 2.24) is 26.3 Å².